The molecule has 3 aliphatic rings. The summed E-state index contributed by atoms with van der Waals surface area (Å²) in [6.07, 6.45) is 2.38. The van der Waals surface area contributed by atoms with Gasteiger partial charge in [-0.25, -0.2) is 9.78 Å². The summed E-state index contributed by atoms with van der Waals surface area (Å²) in [5.74, 6) is 0.171. The molecule has 176 valence electrons. The number of carbonyl (C=O) groups excluding carboxylic acids is 1. The molecule has 1 aromatic carbocycles. The van der Waals surface area contributed by atoms with E-state index in [1.54, 1.807) is 17.6 Å². The summed E-state index contributed by atoms with van der Waals surface area (Å²) in [5.41, 5.74) is 2.85. The summed E-state index contributed by atoms with van der Waals surface area (Å²) in [4.78, 5) is 33.0. The maximum atomic E-state index is 13.4. The van der Waals surface area contributed by atoms with Crippen LogP contribution in [-0.2, 0) is 34.8 Å². The molecular weight excluding hydrogens is 434 g/mol. The van der Waals surface area contributed by atoms with Crippen LogP contribution in [0.4, 0.5) is 0 Å². The molecule has 5 heterocycles. The first-order valence-corrected chi connectivity index (χ1v) is 11.9. The maximum Gasteiger partial charge on any atom is 0.343 e. The Morgan fingerprint density at radius 1 is 1.12 bits per heavy atom. The molecule has 0 aliphatic carbocycles. The van der Waals surface area contributed by atoms with Crippen LogP contribution < -0.4 is 10.3 Å². The van der Waals surface area contributed by atoms with Crippen molar-refractivity contribution >= 4 is 16.9 Å². The summed E-state index contributed by atoms with van der Waals surface area (Å²) in [6, 6.07) is 7.78. The average Bonchev–Trinajstić information content (AvgIpc) is 3.22. The minimum absolute atomic E-state index is 0.125. The lowest BCUT2D eigenvalue weighted by molar-refractivity contribution is -0.172. The summed E-state index contributed by atoms with van der Waals surface area (Å²) in [6.45, 7) is 6.53. The standard InChI is InChI=1S/C26H27N3O5/c1-3-5-8-28-12-17-16-9-15-11-29-21(23(15)27-20(16)6-7-22(17)34-14-28)10-19-18(24(29)30)13-33-25(31)26(19,32)4-2/h6-7,9-10,32H,3-5,8,11-14H2,1-2H3/t26-/m0/s1. The smallest absolute Gasteiger partial charge is 0.343 e. The van der Waals surface area contributed by atoms with E-state index in [1.165, 1.54) is 0 Å². The number of esters is 1. The third-order valence-corrected chi connectivity index (χ3v) is 7.37. The molecule has 0 spiro atoms. The quantitative estimate of drug-likeness (QED) is 0.467. The predicted octanol–water partition coefficient (Wildman–Crippen LogP) is 3.03. The lowest BCUT2D eigenvalue weighted by Crippen LogP contribution is -2.44. The zero-order valence-electron chi connectivity index (χ0n) is 19.4. The normalized spacial score (nSPS) is 20.9. The Hall–Kier alpha value is -3.23. The molecule has 0 fully saturated rings. The van der Waals surface area contributed by atoms with Crippen LogP contribution in [0.15, 0.2) is 29.1 Å². The van der Waals surface area contributed by atoms with Crippen LogP contribution in [0, 0.1) is 0 Å². The highest BCUT2D eigenvalue weighted by Gasteiger charge is 2.45. The Kier molecular flexibility index (Phi) is 4.79. The Morgan fingerprint density at radius 3 is 2.76 bits per heavy atom. The summed E-state index contributed by atoms with van der Waals surface area (Å²) in [5, 5.41) is 12.1. The molecule has 0 amide bonds. The van der Waals surface area contributed by atoms with Crippen molar-refractivity contribution in [3.8, 4) is 17.1 Å². The maximum absolute atomic E-state index is 13.4. The highest BCUT2D eigenvalue weighted by atomic mass is 16.6. The topological polar surface area (TPSA) is 93.9 Å². The number of cyclic esters (lactones) is 1. The second-order valence-electron chi connectivity index (χ2n) is 9.39. The highest BCUT2D eigenvalue weighted by molar-refractivity contribution is 5.89. The molecule has 1 atom stereocenters. The molecule has 6 rings (SSSR count). The van der Waals surface area contributed by atoms with E-state index in [-0.39, 0.29) is 18.6 Å². The average molecular weight is 462 g/mol. The van der Waals surface area contributed by atoms with Gasteiger partial charge in [-0.1, -0.05) is 20.3 Å². The van der Waals surface area contributed by atoms with Crippen LogP contribution in [0.2, 0.25) is 0 Å². The number of nitrogens with zero attached hydrogens (tertiary/aromatic N) is 3. The van der Waals surface area contributed by atoms with Crippen molar-refractivity contribution in [3.05, 3.63) is 56.9 Å². The van der Waals surface area contributed by atoms with Gasteiger partial charge in [-0.3, -0.25) is 9.69 Å². The van der Waals surface area contributed by atoms with Crippen LogP contribution >= 0.6 is 0 Å². The third-order valence-electron chi connectivity index (χ3n) is 7.37. The summed E-state index contributed by atoms with van der Waals surface area (Å²) in [7, 11) is 0. The van der Waals surface area contributed by atoms with Gasteiger partial charge in [0, 0.05) is 35.2 Å². The number of carbonyl (C=O) groups is 1. The van der Waals surface area contributed by atoms with Gasteiger partial charge in [-0.2, -0.15) is 0 Å². The predicted molar refractivity (Wildman–Crippen MR) is 125 cm³/mol. The molecular formula is C26H27N3O5. The molecule has 2 aromatic heterocycles. The number of aromatic nitrogens is 2. The van der Waals surface area contributed by atoms with Crippen molar-refractivity contribution in [2.75, 3.05) is 13.3 Å². The number of aliphatic hydroxyl groups is 1. The molecule has 3 aliphatic heterocycles. The number of rotatable bonds is 4. The number of hydrogen-bond donors (Lipinski definition) is 1. The first-order chi connectivity index (χ1) is 16.4. The monoisotopic (exact) mass is 461 g/mol. The van der Waals surface area contributed by atoms with E-state index in [1.807, 2.05) is 12.1 Å². The number of hydrogen-bond acceptors (Lipinski definition) is 7. The van der Waals surface area contributed by atoms with E-state index in [0.717, 1.165) is 53.7 Å². The zero-order valence-corrected chi connectivity index (χ0v) is 19.4. The van der Waals surface area contributed by atoms with Crippen LogP contribution in [0.5, 0.6) is 5.75 Å². The van der Waals surface area contributed by atoms with E-state index in [9.17, 15) is 14.7 Å². The lowest BCUT2D eigenvalue weighted by Gasteiger charge is -2.31. The molecule has 0 bridgehead atoms. The zero-order chi connectivity index (χ0) is 23.6. The minimum Gasteiger partial charge on any atom is -0.478 e. The molecule has 8 heteroatoms. The van der Waals surface area contributed by atoms with Gasteiger partial charge in [0.05, 0.1) is 29.0 Å². The van der Waals surface area contributed by atoms with Gasteiger partial charge < -0.3 is 19.1 Å². The molecule has 1 N–H and O–H groups in total. The lowest BCUT2D eigenvalue weighted by atomic mass is 9.86. The molecule has 0 saturated heterocycles. The Morgan fingerprint density at radius 2 is 1.97 bits per heavy atom. The molecule has 34 heavy (non-hydrogen) atoms. The fraction of sp³-hybridized carbons (Fsp3) is 0.423. The molecule has 8 nitrogen and oxygen atoms in total. The van der Waals surface area contributed by atoms with Crippen molar-refractivity contribution in [3.63, 3.8) is 0 Å². The van der Waals surface area contributed by atoms with E-state index in [0.29, 0.717) is 35.8 Å². The molecule has 0 saturated carbocycles. The highest BCUT2D eigenvalue weighted by Crippen LogP contribution is 2.40. The van der Waals surface area contributed by atoms with Gasteiger partial charge >= 0.3 is 5.97 Å². The van der Waals surface area contributed by atoms with Crippen molar-refractivity contribution in [2.45, 2.75) is 58.4 Å². The Balaban J connectivity index is 1.49. The van der Waals surface area contributed by atoms with E-state index in [4.69, 9.17) is 14.5 Å². The van der Waals surface area contributed by atoms with E-state index >= 15 is 0 Å². The van der Waals surface area contributed by atoms with Gasteiger partial charge in [0.2, 0.25) is 0 Å². The molecule has 0 radical (unpaired) electrons. The third kappa shape index (κ3) is 2.95. The second kappa shape index (κ2) is 7.65. The van der Waals surface area contributed by atoms with E-state index in [2.05, 4.69) is 17.9 Å². The first-order valence-electron chi connectivity index (χ1n) is 11.9. The Labute approximate surface area is 196 Å². The van der Waals surface area contributed by atoms with Gasteiger partial charge in [-0.15, -0.1) is 0 Å². The van der Waals surface area contributed by atoms with Crippen LogP contribution in [-0.4, -0.2) is 38.8 Å². The largest absolute Gasteiger partial charge is 0.478 e. The SMILES string of the molecule is CCCCN1COc2ccc3nc4c(cc3c2C1)Cn1c-4cc2c(c1=O)COC(=O)[C@]2(O)CC. The van der Waals surface area contributed by atoms with Crippen LogP contribution in [0.1, 0.15) is 55.4 Å². The summed E-state index contributed by atoms with van der Waals surface area (Å²) < 4.78 is 12.8. The molecule has 0 unspecified atom stereocenters. The number of fused-ring (bicyclic) bond motifs is 7. The van der Waals surface area contributed by atoms with Crippen molar-refractivity contribution in [1.29, 1.82) is 0 Å². The van der Waals surface area contributed by atoms with Gasteiger partial charge in [0.1, 0.15) is 19.1 Å². The first kappa shape index (κ1) is 21.3. The number of pyridine rings is 2. The number of ether oxygens (including phenoxy) is 2. The minimum atomic E-state index is -1.82. The molecule has 3 aromatic rings. The fourth-order valence-electron chi connectivity index (χ4n) is 5.34. The second-order valence-corrected chi connectivity index (χ2v) is 9.39. The van der Waals surface area contributed by atoms with Crippen LogP contribution in [0.3, 0.4) is 0 Å². The number of benzene rings is 1. The van der Waals surface area contributed by atoms with Crippen molar-refractivity contribution in [2.24, 2.45) is 0 Å². The van der Waals surface area contributed by atoms with E-state index < -0.39 is 11.6 Å². The Bertz CT molecular complexity index is 1410. The van der Waals surface area contributed by atoms with Crippen LogP contribution in [0.25, 0.3) is 22.3 Å². The van der Waals surface area contributed by atoms with Gasteiger partial charge in [0.25, 0.3) is 5.56 Å². The fourth-order valence-corrected chi connectivity index (χ4v) is 5.34. The van der Waals surface area contributed by atoms with Crippen molar-refractivity contribution < 1.29 is 19.4 Å². The summed E-state index contributed by atoms with van der Waals surface area (Å²) >= 11 is 0. The van der Waals surface area contributed by atoms with Gasteiger partial charge in [-0.05, 0) is 37.1 Å². The number of unbranched alkanes of at least 4 members (excludes halogenated alkanes) is 1. The van der Waals surface area contributed by atoms with Gasteiger partial charge in [0.15, 0.2) is 5.60 Å². The van der Waals surface area contributed by atoms with Crippen molar-refractivity contribution in [1.82, 2.24) is 14.5 Å².